The number of ether oxygens (including phenoxy) is 1. The number of nitrogens with zero attached hydrogens (tertiary/aromatic N) is 6. The second kappa shape index (κ2) is 13.1. The normalized spacial score (nSPS) is 20.0. The first kappa shape index (κ1) is 33.4. The zero-order valence-electron chi connectivity index (χ0n) is 28.1. The van der Waals surface area contributed by atoms with E-state index in [1.807, 2.05) is 36.4 Å². The third kappa shape index (κ3) is 5.76. The Morgan fingerprint density at radius 2 is 1.86 bits per heavy atom. The molecule has 8 rings (SSSR count). The number of hydrogen-bond donors (Lipinski definition) is 3. The van der Waals surface area contributed by atoms with Crippen LogP contribution >= 0.6 is 23.2 Å². The number of carbonyl (C=O) groups excluding carboxylic acids is 1. The van der Waals surface area contributed by atoms with Crippen molar-refractivity contribution in [3.63, 3.8) is 0 Å². The number of nitrogens with one attached hydrogen (secondary N) is 2. The average molecular weight is 728 g/mol. The minimum absolute atomic E-state index is 0.0524. The van der Waals surface area contributed by atoms with Gasteiger partial charge in [0.2, 0.25) is 5.88 Å². The molecular formula is C37H36Cl2N8O4. The second-order valence-electron chi connectivity index (χ2n) is 13.4. The average Bonchev–Trinajstić information content (AvgIpc) is 3.83. The van der Waals surface area contributed by atoms with E-state index in [-0.39, 0.29) is 29.8 Å². The quantitative estimate of drug-likeness (QED) is 0.188. The van der Waals surface area contributed by atoms with E-state index in [0.717, 1.165) is 54.6 Å². The number of amides is 2. The highest BCUT2D eigenvalue weighted by Gasteiger charge is 2.49. The second-order valence-corrected chi connectivity index (χ2v) is 14.1. The summed E-state index contributed by atoms with van der Waals surface area (Å²) in [5.74, 6) is 0.945. The molecule has 3 aliphatic rings. The highest BCUT2D eigenvalue weighted by molar-refractivity contribution is 6.39. The Bertz CT molecular complexity index is 2260. The number of aliphatic hydroxyl groups excluding tert-OH is 1. The van der Waals surface area contributed by atoms with Crippen LogP contribution in [0.15, 0.2) is 65.7 Å². The Morgan fingerprint density at radius 3 is 2.67 bits per heavy atom. The molecule has 3 aromatic heterocycles. The van der Waals surface area contributed by atoms with Crippen LogP contribution in [-0.2, 0) is 13.5 Å². The van der Waals surface area contributed by atoms with Crippen LogP contribution in [0.2, 0.25) is 10.0 Å². The molecule has 2 atom stereocenters. The number of hydrogen-bond acceptors (Lipinski definition) is 9. The van der Waals surface area contributed by atoms with Crippen molar-refractivity contribution in [1.82, 2.24) is 34.9 Å². The number of β-amino-alcohol motifs (C(OH)–C–C–N with tert-alkyl or cyclic N) is 1. The summed E-state index contributed by atoms with van der Waals surface area (Å²) in [5.41, 5.74) is 5.10. The van der Waals surface area contributed by atoms with E-state index in [1.54, 1.807) is 37.5 Å². The summed E-state index contributed by atoms with van der Waals surface area (Å²) in [6, 6.07) is 15.2. The van der Waals surface area contributed by atoms with Gasteiger partial charge in [-0.1, -0.05) is 53.5 Å². The molecule has 262 valence electrons. The molecule has 2 aromatic carbocycles. The fourth-order valence-corrected chi connectivity index (χ4v) is 8.49. The van der Waals surface area contributed by atoms with Crippen molar-refractivity contribution in [2.75, 3.05) is 45.2 Å². The van der Waals surface area contributed by atoms with E-state index in [9.17, 15) is 14.7 Å². The number of aromatic nitrogens is 4. The molecule has 0 unspecified atom stereocenters. The Kier molecular flexibility index (Phi) is 8.58. The van der Waals surface area contributed by atoms with Crippen molar-refractivity contribution in [3.8, 4) is 28.3 Å². The molecule has 3 N–H and O–H groups in total. The summed E-state index contributed by atoms with van der Waals surface area (Å²) < 4.78 is 7.21. The van der Waals surface area contributed by atoms with Gasteiger partial charge in [-0.3, -0.25) is 9.69 Å². The SMILES string of the molecule is COc1nc(-c2cccc(-c3cccc(Nc4nccc5cnn(C)c(=O)c45)c3Cl)c2Cl)cc2c1[C@@H](N1CC[C@]3(CN(CCO)C(=O)N3)C1)CC2. The van der Waals surface area contributed by atoms with E-state index < -0.39 is 0 Å². The Hall–Kier alpha value is -4.75. The molecule has 0 bridgehead atoms. The first-order valence-electron chi connectivity index (χ1n) is 16.9. The van der Waals surface area contributed by atoms with Crippen LogP contribution in [0.25, 0.3) is 33.2 Å². The van der Waals surface area contributed by atoms with Gasteiger partial charge in [0.25, 0.3) is 5.56 Å². The van der Waals surface area contributed by atoms with Crippen molar-refractivity contribution in [3.05, 3.63) is 92.5 Å². The summed E-state index contributed by atoms with van der Waals surface area (Å²) in [4.78, 5) is 39.1. The molecule has 2 fully saturated rings. The van der Waals surface area contributed by atoms with Gasteiger partial charge in [0.1, 0.15) is 5.82 Å². The monoisotopic (exact) mass is 726 g/mol. The highest BCUT2D eigenvalue weighted by atomic mass is 35.5. The molecule has 51 heavy (non-hydrogen) atoms. The first-order valence-corrected chi connectivity index (χ1v) is 17.6. The van der Waals surface area contributed by atoms with E-state index in [4.69, 9.17) is 32.9 Å². The standard InChI is InChI=1S/C37H36Cl2N8O4/c1-45-35(49)30-22(18-41-45)11-13-40-33(30)42-26-8-4-6-24(32(26)39)23-5-3-7-25(31(23)38)27-17-21-9-10-28(29(21)34(43-27)51-2)46-14-12-37(19-46)20-47(15-16-48)36(50)44-37/h3-8,11,13,17-18,28,48H,9-10,12,14-16,19-20H2,1-2H3,(H,40,42)(H,44,50)/t28-,37+/m0/s1. The van der Waals surface area contributed by atoms with Crippen molar-refractivity contribution < 1.29 is 14.6 Å². The van der Waals surface area contributed by atoms with Gasteiger partial charge in [-0.15, -0.1) is 0 Å². The Balaban J connectivity index is 1.09. The predicted octanol–water partition coefficient (Wildman–Crippen LogP) is 5.57. The Morgan fingerprint density at radius 1 is 1.08 bits per heavy atom. The molecule has 0 saturated carbocycles. The van der Waals surface area contributed by atoms with Gasteiger partial charge in [0.15, 0.2) is 0 Å². The maximum Gasteiger partial charge on any atom is 0.318 e. The van der Waals surface area contributed by atoms with Crippen LogP contribution in [0.1, 0.15) is 30.0 Å². The van der Waals surface area contributed by atoms with Gasteiger partial charge in [0, 0.05) is 73.1 Å². The number of fused-ring (bicyclic) bond motifs is 2. The van der Waals surface area contributed by atoms with Gasteiger partial charge in [-0.05, 0) is 43.0 Å². The number of likely N-dealkylation sites (tertiary alicyclic amines) is 1. The Labute approximate surface area is 304 Å². The minimum atomic E-state index is -0.322. The van der Waals surface area contributed by atoms with Crippen molar-refractivity contribution in [2.45, 2.75) is 30.8 Å². The summed E-state index contributed by atoms with van der Waals surface area (Å²) in [6.07, 6.45) is 5.86. The van der Waals surface area contributed by atoms with Crippen LogP contribution in [0.5, 0.6) is 5.88 Å². The van der Waals surface area contributed by atoms with Crippen LogP contribution in [0.3, 0.4) is 0 Å². The smallest absolute Gasteiger partial charge is 0.318 e. The summed E-state index contributed by atoms with van der Waals surface area (Å²) in [6.45, 7) is 2.44. The molecule has 1 aliphatic carbocycles. The summed E-state index contributed by atoms with van der Waals surface area (Å²) in [5, 5.41) is 22.0. The topological polar surface area (TPSA) is 138 Å². The molecule has 2 aliphatic heterocycles. The number of urea groups is 1. The maximum absolute atomic E-state index is 13.0. The molecule has 0 radical (unpaired) electrons. The highest BCUT2D eigenvalue weighted by Crippen LogP contribution is 2.47. The number of rotatable bonds is 8. The minimum Gasteiger partial charge on any atom is -0.481 e. The van der Waals surface area contributed by atoms with Gasteiger partial charge >= 0.3 is 6.03 Å². The van der Waals surface area contributed by atoms with Gasteiger partial charge in [-0.25, -0.2) is 19.4 Å². The fraction of sp³-hybridized carbons (Fsp3) is 0.324. The molecule has 12 nitrogen and oxygen atoms in total. The number of aliphatic hydroxyl groups is 1. The third-order valence-electron chi connectivity index (χ3n) is 10.3. The molecule has 2 saturated heterocycles. The molecular weight excluding hydrogens is 691 g/mol. The number of methoxy groups -OCH3 is 1. The number of benzene rings is 2. The first-order chi connectivity index (χ1) is 24.7. The van der Waals surface area contributed by atoms with Crippen LogP contribution < -0.4 is 20.9 Å². The van der Waals surface area contributed by atoms with Crippen LogP contribution in [-0.4, -0.2) is 86.1 Å². The van der Waals surface area contributed by atoms with Gasteiger partial charge in [0.05, 0.1) is 52.3 Å². The van der Waals surface area contributed by atoms with E-state index >= 15 is 0 Å². The predicted molar refractivity (Wildman–Crippen MR) is 197 cm³/mol. The number of halogens is 2. The molecule has 5 aromatic rings. The van der Waals surface area contributed by atoms with Crippen LogP contribution in [0, 0.1) is 0 Å². The number of pyridine rings is 2. The molecule has 2 amide bonds. The van der Waals surface area contributed by atoms with Crippen molar-refractivity contribution in [2.24, 2.45) is 7.05 Å². The zero-order valence-corrected chi connectivity index (χ0v) is 29.6. The largest absolute Gasteiger partial charge is 0.481 e. The maximum atomic E-state index is 13.0. The fourth-order valence-electron chi connectivity index (χ4n) is 7.89. The molecule has 14 heteroatoms. The van der Waals surface area contributed by atoms with Gasteiger partial charge in [-0.2, -0.15) is 5.10 Å². The van der Waals surface area contributed by atoms with Crippen molar-refractivity contribution >= 4 is 51.5 Å². The van der Waals surface area contributed by atoms with Crippen LogP contribution in [0.4, 0.5) is 16.3 Å². The summed E-state index contributed by atoms with van der Waals surface area (Å²) >= 11 is 14.2. The lowest BCUT2D eigenvalue weighted by Crippen LogP contribution is -2.46. The molecule has 5 heterocycles. The number of aryl methyl sites for hydroxylation is 2. The number of anilines is 2. The lowest BCUT2D eigenvalue weighted by molar-refractivity contribution is 0.193. The van der Waals surface area contributed by atoms with E-state index in [0.29, 0.717) is 62.5 Å². The lowest BCUT2D eigenvalue weighted by Gasteiger charge is -2.28. The third-order valence-corrected chi connectivity index (χ3v) is 11.2. The van der Waals surface area contributed by atoms with E-state index in [1.165, 1.54) is 4.68 Å². The molecule has 1 spiro atoms. The van der Waals surface area contributed by atoms with E-state index in [2.05, 4.69) is 31.7 Å². The summed E-state index contributed by atoms with van der Waals surface area (Å²) in [7, 11) is 3.24. The zero-order chi connectivity index (χ0) is 35.4. The number of carbonyl (C=O) groups is 1. The van der Waals surface area contributed by atoms with Crippen molar-refractivity contribution in [1.29, 1.82) is 0 Å². The van der Waals surface area contributed by atoms with Gasteiger partial charge < -0.3 is 25.4 Å². The lowest BCUT2D eigenvalue weighted by atomic mass is 9.99.